The number of benzene rings is 1. The third-order valence-electron chi connectivity index (χ3n) is 3.75. The summed E-state index contributed by atoms with van der Waals surface area (Å²) in [5, 5.41) is 17.1. The minimum atomic E-state index is -0.408. The van der Waals surface area contributed by atoms with Gasteiger partial charge < -0.3 is 10.6 Å². The maximum atomic E-state index is 11.3. The summed E-state index contributed by atoms with van der Waals surface area (Å²) in [6.45, 7) is 2.05. The quantitative estimate of drug-likeness (QED) is 0.646. The fraction of sp³-hybridized carbons (Fsp3) is 0.462. The molecule has 1 fully saturated rings. The average Bonchev–Trinajstić information content (AvgIpc) is 3.06. The molecular weight excluding hydrogens is 246 g/mol. The number of carbonyl (C=O) groups excluding carboxylic acids is 1. The van der Waals surface area contributed by atoms with Crippen molar-refractivity contribution in [1.29, 1.82) is 0 Å². The van der Waals surface area contributed by atoms with Gasteiger partial charge in [-0.25, -0.2) is 0 Å². The van der Waals surface area contributed by atoms with Crippen LogP contribution in [0.15, 0.2) is 12.1 Å². The Morgan fingerprint density at radius 2 is 2.11 bits per heavy atom. The van der Waals surface area contributed by atoms with Crippen molar-refractivity contribution in [2.75, 3.05) is 10.6 Å². The van der Waals surface area contributed by atoms with Gasteiger partial charge in [-0.05, 0) is 37.8 Å². The summed E-state index contributed by atoms with van der Waals surface area (Å²) in [6, 6.07) is 3.26. The molecule has 1 aliphatic carbocycles. The molecule has 1 saturated carbocycles. The number of hydrogen-bond donors (Lipinski definition) is 2. The predicted octanol–water partition coefficient (Wildman–Crippen LogP) is 2.44. The smallest absolute Gasteiger partial charge is 0.294 e. The van der Waals surface area contributed by atoms with Crippen LogP contribution in [0.1, 0.15) is 31.7 Å². The van der Waals surface area contributed by atoms with Crippen molar-refractivity contribution in [2.45, 2.75) is 38.1 Å². The topological polar surface area (TPSA) is 84.3 Å². The summed E-state index contributed by atoms with van der Waals surface area (Å²) in [4.78, 5) is 22.1. The second-order valence-corrected chi connectivity index (χ2v) is 5.52. The molecule has 1 aromatic carbocycles. The highest BCUT2D eigenvalue weighted by atomic mass is 16.6. The summed E-state index contributed by atoms with van der Waals surface area (Å²) in [5.41, 5.74) is 2.08. The van der Waals surface area contributed by atoms with E-state index in [1.807, 2.05) is 0 Å². The molecule has 1 aromatic rings. The van der Waals surface area contributed by atoms with Crippen LogP contribution in [-0.2, 0) is 11.2 Å². The Morgan fingerprint density at radius 1 is 1.37 bits per heavy atom. The van der Waals surface area contributed by atoms with E-state index in [2.05, 4.69) is 17.6 Å². The van der Waals surface area contributed by atoms with Gasteiger partial charge >= 0.3 is 0 Å². The number of hydrogen-bond acceptors (Lipinski definition) is 4. The lowest BCUT2D eigenvalue weighted by Crippen LogP contribution is -2.21. The van der Waals surface area contributed by atoms with E-state index in [0.29, 0.717) is 24.2 Å². The number of carbonyl (C=O) groups is 1. The van der Waals surface area contributed by atoms with Crippen molar-refractivity contribution in [2.24, 2.45) is 0 Å². The van der Waals surface area contributed by atoms with Gasteiger partial charge in [-0.15, -0.1) is 0 Å². The Balaban J connectivity index is 2.02. The van der Waals surface area contributed by atoms with Gasteiger partial charge in [0.2, 0.25) is 5.91 Å². The SMILES string of the molecule is CC1(Nc2cc3c(cc2[N+](=O)[O-])NC(=O)CC3)CC1. The van der Waals surface area contributed by atoms with E-state index in [0.717, 1.165) is 18.4 Å². The zero-order valence-corrected chi connectivity index (χ0v) is 10.7. The molecule has 0 unspecified atom stereocenters. The second kappa shape index (κ2) is 3.94. The fourth-order valence-electron chi connectivity index (χ4n) is 2.31. The number of nitrogens with zero attached hydrogens (tertiary/aromatic N) is 1. The van der Waals surface area contributed by atoms with Crippen molar-refractivity contribution >= 4 is 23.0 Å². The van der Waals surface area contributed by atoms with Crippen molar-refractivity contribution in [3.63, 3.8) is 0 Å². The molecule has 1 heterocycles. The number of amides is 1. The standard InChI is InChI=1S/C13H15N3O3/c1-13(4-5-13)15-10-6-8-2-3-12(17)14-9(8)7-11(10)16(18)19/h6-7,15H,2-5H2,1H3,(H,14,17). The molecule has 19 heavy (non-hydrogen) atoms. The summed E-state index contributed by atoms with van der Waals surface area (Å²) < 4.78 is 0. The molecule has 2 aliphatic rings. The van der Waals surface area contributed by atoms with Crippen LogP contribution in [0.25, 0.3) is 0 Å². The van der Waals surface area contributed by atoms with Gasteiger partial charge in [0.05, 0.1) is 10.6 Å². The summed E-state index contributed by atoms with van der Waals surface area (Å²) in [6.07, 6.45) is 3.11. The lowest BCUT2D eigenvalue weighted by atomic mass is 10.0. The Labute approximate surface area is 110 Å². The largest absolute Gasteiger partial charge is 0.374 e. The maximum Gasteiger partial charge on any atom is 0.294 e. The third kappa shape index (κ3) is 2.25. The minimum Gasteiger partial charge on any atom is -0.374 e. The predicted molar refractivity (Wildman–Crippen MR) is 71.3 cm³/mol. The first-order valence-electron chi connectivity index (χ1n) is 6.36. The van der Waals surface area contributed by atoms with Gasteiger partial charge in [0.1, 0.15) is 5.69 Å². The Bertz CT molecular complexity index is 579. The molecule has 1 aliphatic heterocycles. The lowest BCUT2D eigenvalue weighted by molar-refractivity contribution is -0.383. The molecule has 0 atom stereocenters. The van der Waals surface area contributed by atoms with E-state index in [9.17, 15) is 14.9 Å². The molecule has 0 aromatic heterocycles. The molecule has 100 valence electrons. The highest BCUT2D eigenvalue weighted by molar-refractivity contribution is 5.95. The van der Waals surface area contributed by atoms with E-state index in [4.69, 9.17) is 0 Å². The van der Waals surface area contributed by atoms with Gasteiger partial charge in [-0.3, -0.25) is 14.9 Å². The summed E-state index contributed by atoms with van der Waals surface area (Å²) >= 11 is 0. The van der Waals surface area contributed by atoms with Gasteiger partial charge in [0, 0.05) is 18.0 Å². The Kier molecular flexibility index (Phi) is 2.48. The molecule has 6 heteroatoms. The van der Waals surface area contributed by atoms with Crippen LogP contribution >= 0.6 is 0 Å². The van der Waals surface area contributed by atoms with Crippen LogP contribution in [0, 0.1) is 10.1 Å². The molecular formula is C13H15N3O3. The number of nitro groups is 1. The van der Waals surface area contributed by atoms with Crippen LogP contribution < -0.4 is 10.6 Å². The molecule has 0 spiro atoms. The molecule has 6 nitrogen and oxygen atoms in total. The lowest BCUT2D eigenvalue weighted by Gasteiger charge is -2.20. The summed E-state index contributed by atoms with van der Waals surface area (Å²) in [5.74, 6) is -0.0864. The number of rotatable bonds is 3. The van der Waals surface area contributed by atoms with Crippen molar-refractivity contribution in [3.05, 3.63) is 27.8 Å². The van der Waals surface area contributed by atoms with Crippen molar-refractivity contribution < 1.29 is 9.72 Å². The van der Waals surface area contributed by atoms with Crippen LogP contribution in [-0.4, -0.2) is 16.4 Å². The molecule has 0 bridgehead atoms. The number of nitro benzene ring substituents is 1. The monoisotopic (exact) mass is 261 g/mol. The number of fused-ring (bicyclic) bond motifs is 1. The van der Waals surface area contributed by atoms with Crippen molar-refractivity contribution in [3.8, 4) is 0 Å². The highest BCUT2D eigenvalue weighted by Crippen LogP contribution is 2.42. The zero-order chi connectivity index (χ0) is 13.6. The minimum absolute atomic E-state index is 0.0170. The fourth-order valence-corrected chi connectivity index (χ4v) is 2.31. The van der Waals surface area contributed by atoms with Crippen LogP contribution in [0.5, 0.6) is 0 Å². The molecule has 1 amide bonds. The maximum absolute atomic E-state index is 11.3. The van der Waals surface area contributed by atoms with Gasteiger partial charge in [0.15, 0.2) is 0 Å². The van der Waals surface area contributed by atoms with Crippen molar-refractivity contribution in [1.82, 2.24) is 0 Å². The number of nitrogens with one attached hydrogen (secondary N) is 2. The van der Waals surface area contributed by atoms with E-state index in [-0.39, 0.29) is 17.1 Å². The second-order valence-electron chi connectivity index (χ2n) is 5.52. The average molecular weight is 261 g/mol. The molecule has 0 saturated heterocycles. The molecule has 3 rings (SSSR count). The van der Waals surface area contributed by atoms with E-state index >= 15 is 0 Å². The normalized spacial score (nSPS) is 19.3. The first-order chi connectivity index (χ1) is 8.97. The van der Waals surface area contributed by atoms with Gasteiger partial charge in [0.25, 0.3) is 5.69 Å². The third-order valence-corrected chi connectivity index (χ3v) is 3.75. The Morgan fingerprint density at radius 3 is 2.74 bits per heavy atom. The van der Waals surface area contributed by atoms with Crippen LogP contribution in [0.3, 0.4) is 0 Å². The summed E-state index contributed by atoms with van der Waals surface area (Å²) in [7, 11) is 0. The zero-order valence-electron chi connectivity index (χ0n) is 10.7. The number of anilines is 2. The first kappa shape index (κ1) is 12.0. The van der Waals surface area contributed by atoms with Gasteiger partial charge in [-0.1, -0.05) is 0 Å². The van der Waals surface area contributed by atoms with E-state index < -0.39 is 4.92 Å². The molecule has 0 radical (unpaired) electrons. The van der Waals surface area contributed by atoms with E-state index in [1.165, 1.54) is 6.07 Å². The number of aryl methyl sites for hydroxylation is 1. The van der Waals surface area contributed by atoms with Gasteiger partial charge in [-0.2, -0.15) is 0 Å². The highest BCUT2D eigenvalue weighted by Gasteiger charge is 2.39. The van der Waals surface area contributed by atoms with Crippen LogP contribution in [0.2, 0.25) is 0 Å². The molecule has 2 N–H and O–H groups in total. The first-order valence-corrected chi connectivity index (χ1v) is 6.36. The van der Waals surface area contributed by atoms with E-state index in [1.54, 1.807) is 6.07 Å². The Hall–Kier alpha value is -2.11. The van der Waals surface area contributed by atoms with Crippen LogP contribution in [0.4, 0.5) is 17.1 Å².